The van der Waals surface area contributed by atoms with Gasteiger partial charge in [-0.05, 0) is 48.9 Å². The molecule has 0 unspecified atom stereocenters. The Balaban J connectivity index is 1.78. The lowest BCUT2D eigenvalue weighted by Gasteiger charge is -2.19. The maximum atomic E-state index is 13.0. The smallest absolute Gasteiger partial charge is 0.323 e. The maximum absolute atomic E-state index is 13.0. The molecule has 0 aliphatic heterocycles. The lowest BCUT2D eigenvalue weighted by Crippen LogP contribution is -2.23. The van der Waals surface area contributed by atoms with Crippen LogP contribution in [0, 0.1) is 6.92 Å². The first-order chi connectivity index (χ1) is 14.6. The summed E-state index contributed by atoms with van der Waals surface area (Å²) in [7, 11) is 0. The Morgan fingerprint density at radius 1 is 1.13 bits per heavy atom. The quantitative estimate of drug-likeness (QED) is 0.505. The molecule has 0 aliphatic rings. The highest BCUT2D eigenvalue weighted by molar-refractivity contribution is 7.14. The number of amides is 2. The third-order valence-corrected chi connectivity index (χ3v) is 4.98. The van der Waals surface area contributed by atoms with Gasteiger partial charge >= 0.3 is 6.18 Å². The molecule has 0 atom stereocenters. The van der Waals surface area contributed by atoms with E-state index < -0.39 is 17.6 Å². The number of nitrogens with zero attached hydrogens (tertiary/aromatic N) is 2. The van der Waals surface area contributed by atoms with Crippen LogP contribution in [0.5, 0.6) is 0 Å². The molecule has 1 heterocycles. The molecule has 5 nitrogen and oxygen atoms in total. The van der Waals surface area contributed by atoms with Gasteiger partial charge in [0.2, 0.25) is 11.8 Å². The number of nitrogens with one attached hydrogen (secondary N) is 1. The average molecular weight is 445 g/mol. The molecule has 1 aromatic heterocycles. The van der Waals surface area contributed by atoms with Gasteiger partial charge in [-0.3, -0.25) is 14.5 Å². The Morgan fingerprint density at radius 2 is 1.87 bits per heavy atom. The zero-order valence-electron chi connectivity index (χ0n) is 16.6. The molecule has 160 valence electrons. The van der Waals surface area contributed by atoms with Crippen LogP contribution in [-0.2, 0) is 15.8 Å². The van der Waals surface area contributed by atoms with Crippen LogP contribution in [0.15, 0.2) is 60.0 Å². The van der Waals surface area contributed by atoms with Crippen molar-refractivity contribution in [3.63, 3.8) is 0 Å². The SMILES string of the molecule is CC(=O)N(c1cccc(C(F)(F)F)c1)c1nc(/C=C/C(=O)Nc2cccc(C)c2)cs1. The average Bonchev–Trinajstić information content (AvgIpc) is 3.14. The first-order valence-electron chi connectivity index (χ1n) is 9.13. The van der Waals surface area contributed by atoms with Crippen LogP contribution in [0.25, 0.3) is 6.08 Å². The van der Waals surface area contributed by atoms with E-state index in [9.17, 15) is 22.8 Å². The van der Waals surface area contributed by atoms with Gasteiger partial charge in [0.1, 0.15) is 0 Å². The van der Waals surface area contributed by atoms with E-state index in [-0.39, 0.29) is 16.7 Å². The molecule has 2 amide bonds. The Hall–Kier alpha value is -3.46. The monoisotopic (exact) mass is 445 g/mol. The highest BCUT2D eigenvalue weighted by Gasteiger charge is 2.31. The van der Waals surface area contributed by atoms with Crippen LogP contribution in [0.2, 0.25) is 0 Å². The van der Waals surface area contributed by atoms with E-state index in [2.05, 4.69) is 10.3 Å². The number of rotatable bonds is 5. The minimum absolute atomic E-state index is 0.0596. The summed E-state index contributed by atoms with van der Waals surface area (Å²) in [5, 5.41) is 4.53. The van der Waals surface area contributed by atoms with Crippen LogP contribution >= 0.6 is 11.3 Å². The molecular weight excluding hydrogens is 427 g/mol. The van der Waals surface area contributed by atoms with Crippen molar-refractivity contribution in [1.29, 1.82) is 0 Å². The van der Waals surface area contributed by atoms with Gasteiger partial charge in [0.25, 0.3) is 0 Å². The van der Waals surface area contributed by atoms with Gasteiger partial charge in [-0.2, -0.15) is 13.2 Å². The van der Waals surface area contributed by atoms with Gasteiger partial charge < -0.3 is 5.32 Å². The molecule has 0 saturated carbocycles. The summed E-state index contributed by atoms with van der Waals surface area (Å²) in [5.41, 5.74) is 1.26. The van der Waals surface area contributed by atoms with Crippen molar-refractivity contribution in [3.8, 4) is 0 Å². The van der Waals surface area contributed by atoms with Gasteiger partial charge in [0.15, 0.2) is 5.13 Å². The lowest BCUT2D eigenvalue weighted by molar-refractivity contribution is -0.137. The van der Waals surface area contributed by atoms with Crippen molar-refractivity contribution in [3.05, 3.63) is 76.8 Å². The number of carbonyl (C=O) groups is 2. The summed E-state index contributed by atoms with van der Waals surface area (Å²) >= 11 is 1.08. The number of anilines is 3. The van der Waals surface area contributed by atoms with Gasteiger partial charge in [0.05, 0.1) is 16.9 Å². The maximum Gasteiger partial charge on any atom is 0.416 e. The van der Waals surface area contributed by atoms with Crippen molar-refractivity contribution in [2.45, 2.75) is 20.0 Å². The Kier molecular flexibility index (Phi) is 6.55. The van der Waals surface area contributed by atoms with Crippen molar-refractivity contribution in [1.82, 2.24) is 4.98 Å². The summed E-state index contributed by atoms with van der Waals surface area (Å²) in [4.78, 5) is 29.6. The number of carbonyl (C=O) groups excluding carboxylic acids is 2. The van der Waals surface area contributed by atoms with Gasteiger partial charge in [-0.15, -0.1) is 11.3 Å². The second kappa shape index (κ2) is 9.13. The van der Waals surface area contributed by atoms with Gasteiger partial charge in [-0.1, -0.05) is 18.2 Å². The van der Waals surface area contributed by atoms with E-state index in [0.717, 1.165) is 33.9 Å². The summed E-state index contributed by atoms with van der Waals surface area (Å²) in [6.45, 7) is 3.15. The van der Waals surface area contributed by atoms with E-state index in [0.29, 0.717) is 11.4 Å². The minimum atomic E-state index is -4.53. The minimum Gasteiger partial charge on any atom is -0.323 e. The van der Waals surface area contributed by atoms with Crippen molar-refractivity contribution < 1.29 is 22.8 Å². The molecule has 0 bridgehead atoms. The Labute approximate surface area is 180 Å². The number of halogens is 3. The first-order valence-corrected chi connectivity index (χ1v) is 10.0. The third kappa shape index (κ3) is 5.79. The van der Waals surface area contributed by atoms with Gasteiger partial charge in [-0.25, -0.2) is 4.98 Å². The molecule has 0 aliphatic carbocycles. The summed E-state index contributed by atoms with van der Waals surface area (Å²) in [6.07, 6.45) is -1.76. The molecule has 9 heteroatoms. The van der Waals surface area contributed by atoms with E-state index in [1.165, 1.54) is 31.2 Å². The molecule has 0 spiro atoms. The van der Waals surface area contributed by atoms with E-state index >= 15 is 0 Å². The fourth-order valence-corrected chi connectivity index (χ4v) is 3.63. The predicted octanol–water partition coefficient (Wildman–Crippen LogP) is 5.81. The fraction of sp³-hybridized carbons (Fsp3) is 0.136. The number of alkyl halides is 3. The van der Waals surface area contributed by atoms with Crippen molar-refractivity contribution in [2.24, 2.45) is 0 Å². The molecule has 0 radical (unpaired) electrons. The van der Waals surface area contributed by atoms with Gasteiger partial charge in [0, 0.05) is 24.1 Å². The number of hydrogen-bond donors (Lipinski definition) is 1. The summed E-state index contributed by atoms with van der Waals surface area (Å²) in [5.74, 6) is -0.845. The molecule has 3 rings (SSSR count). The Bertz CT molecular complexity index is 1140. The molecule has 2 aromatic carbocycles. The molecular formula is C22H18F3N3O2S. The fourth-order valence-electron chi connectivity index (χ4n) is 2.77. The lowest BCUT2D eigenvalue weighted by atomic mass is 10.2. The number of benzene rings is 2. The van der Waals surface area contributed by atoms with Crippen LogP contribution in [0.1, 0.15) is 23.7 Å². The van der Waals surface area contributed by atoms with E-state index in [1.807, 2.05) is 25.1 Å². The second-order valence-electron chi connectivity index (χ2n) is 6.65. The molecule has 3 aromatic rings. The number of thiazole rings is 1. The molecule has 1 N–H and O–H groups in total. The zero-order chi connectivity index (χ0) is 22.6. The normalized spacial score (nSPS) is 11.5. The zero-order valence-corrected chi connectivity index (χ0v) is 17.4. The number of hydrogen-bond acceptors (Lipinski definition) is 4. The van der Waals surface area contributed by atoms with Crippen LogP contribution in [-0.4, -0.2) is 16.8 Å². The van der Waals surface area contributed by atoms with E-state index in [1.54, 1.807) is 11.4 Å². The number of aryl methyl sites for hydroxylation is 1. The highest BCUT2D eigenvalue weighted by atomic mass is 32.1. The summed E-state index contributed by atoms with van der Waals surface area (Å²) < 4.78 is 39.1. The van der Waals surface area contributed by atoms with Crippen LogP contribution in [0.3, 0.4) is 0 Å². The highest BCUT2D eigenvalue weighted by Crippen LogP contribution is 2.35. The number of aromatic nitrogens is 1. The summed E-state index contributed by atoms with van der Waals surface area (Å²) in [6, 6.07) is 11.8. The molecule has 31 heavy (non-hydrogen) atoms. The molecule has 0 fully saturated rings. The van der Waals surface area contributed by atoms with Crippen molar-refractivity contribution >= 4 is 45.7 Å². The van der Waals surface area contributed by atoms with E-state index in [4.69, 9.17) is 0 Å². The van der Waals surface area contributed by atoms with Crippen LogP contribution in [0.4, 0.5) is 29.7 Å². The first kappa shape index (κ1) is 22.2. The molecule has 0 saturated heterocycles. The second-order valence-corrected chi connectivity index (χ2v) is 7.49. The standard InChI is InChI=1S/C22H18F3N3O2S/c1-14-5-3-7-17(11-14)26-20(30)10-9-18-13-31-21(27-18)28(15(2)29)19-8-4-6-16(12-19)22(23,24)25/h3-13H,1-2H3,(H,26,30)/b10-9+. The largest absolute Gasteiger partial charge is 0.416 e. The predicted molar refractivity (Wildman–Crippen MR) is 115 cm³/mol. The topological polar surface area (TPSA) is 62.3 Å². The third-order valence-electron chi connectivity index (χ3n) is 4.14. The van der Waals surface area contributed by atoms with Crippen molar-refractivity contribution in [2.75, 3.05) is 10.2 Å². The Morgan fingerprint density at radius 3 is 2.55 bits per heavy atom. The van der Waals surface area contributed by atoms with Crippen LogP contribution < -0.4 is 10.2 Å².